The summed E-state index contributed by atoms with van der Waals surface area (Å²) in [6, 6.07) is 4.96. The maximum Gasteiger partial charge on any atom is 0.268 e. The lowest BCUT2D eigenvalue weighted by Gasteiger charge is -2.06. The van der Waals surface area contributed by atoms with Gasteiger partial charge in [0.1, 0.15) is 16.7 Å². The number of aryl methyl sites for hydroxylation is 1. The Kier molecular flexibility index (Phi) is 5.46. The number of ether oxygens (including phenoxy) is 1. The topological polar surface area (TPSA) is 74.8 Å². The standard InChI is InChI=1S/C18H16ClN5O2/c1-13-22-15(4-3-14-5-6-20-17(19)9-14)12-23(13)16-10-18(25)24(21-11-16)7-8-26-2/h5-6,9-12H,7-8H2,1-2H3. The summed E-state index contributed by atoms with van der Waals surface area (Å²) in [5.74, 6) is 6.68. The lowest BCUT2D eigenvalue weighted by Crippen LogP contribution is -2.24. The van der Waals surface area contributed by atoms with Gasteiger partial charge >= 0.3 is 0 Å². The van der Waals surface area contributed by atoms with Crippen molar-refractivity contribution in [3.63, 3.8) is 0 Å². The van der Waals surface area contributed by atoms with E-state index >= 15 is 0 Å². The molecule has 0 radical (unpaired) electrons. The zero-order valence-electron chi connectivity index (χ0n) is 14.3. The molecule has 0 unspecified atom stereocenters. The van der Waals surface area contributed by atoms with Gasteiger partial charge < -0.3 is 9.30 Å². The molecule has 0 aliphatic carbocycles. The zero-order chi connectivity index (χ0) is 18.5. The molecule has 0 saturated heterocycles. The Morgan fingerprint density at radius 2 is 2.15 bits per heavy atom. The van der Waals surface area contributed by atoms with E-state index < -0.39 is 0 Å². The van der Waals surface area contributed by atoms with E-state index in [0.717, 1.165) is 5.56 Å². The lowest BCUT2D eigenvalue weighted by molar-refractivity contribution is 0.182. The normalized spacial score (nSPS) is 10.4. The van der Waals surface area contributed by atoms with Gasteiger partial charge in [-0.3, -0.25) is 4.79 Å². The minimum Gasteiger partial charge on any atom is -0.383 e. The van der Waals surface area contributed by atoms with Crippen molar-refractivity contribution in [2.24, 2.45) is 0 Å². The molecule has 0 amide bonds. The molecule has 3 heterocycles. The molecule has 0 N–H and O–H groups in total. The summed E-state index contributed by atoms with van der Waals surface area (Å²) in [4.78, 5) is 20.5. The summed E-state index contributed by atoms with van der Waals surface area (Å²) < 4.78 is 8.10. The fourth-order valence-electron chi connectivity index (χ4n) is 2.31. The first-order chi connectivity index (χ1) is 12.6. The molecule has 132 valence electrons. The predicted molar refractivity (Wildman–Crippen MR) is 97.5 cm³/mol. The molecule has 7 nitrogen and oxygen atoms in total. The molecule has 0 fully saturated rings. The number of methoxy groups -OCH3 is 1. The molecule has 0 saturated carbocycles. The van der Waals surface area contributed by atoms with Gasteiger partial charge in [-0.1, -0.05) is 17.5 Å². The van der Waals surface area contributed by atoms with Gasteiger partial charge in [-0.2, -0.15) is 5.10 Å². The minimum absolute atomic E-state index is 0.202. The number of rotatable bonds is 4. The fourth-order valence-corrected chi connectivity index (χ4v) is 2.49. The van der Waals surface area contributed by atoms with E-state index in [1.54, 1.807) is 42.4 Å². The van der Waals surface area contributed by atoms with Crippen LogP contribution in [0.1, 0.15) is 17.1 Å². The largest absolute Gasteiger partial charge is 0.383 e. The van der Waals surface area contributed by atoms with Crippen molar-refractivity contribution < 1.29 is 4.74 Å². The molecule has 0 bridgehead atoms. The Balaban J connectivity index is 1.87. The molecule has 0 aliphatic rings. The number of hydrogen-bond acceptors (Lipinski definition) is 5. The van der Waals surface area contributed by atoms with Gasteiger partial charge in [-0.25, -0.2) is 14.6 Å². The molecule has 3 rings (SSSR count). The van der Waals surface area contributed by atoms with Crippen molar-refractivity contribution >= 4 is 11.6 Å². The predicted octanol–water partition coefficient (Wildman–Crippen LogP) is 1.83. The highest BCUT2D eigenvalue weighted by atomic mass is 35.5. The second kappa shape index (κ2) is 7.95. The smallest absolute Gasteiger partial charge is 0.268 e. The Morgan fingerprint density at radius 1 is 1.31 bits per heavy atom. The monoisotopic (exact) mass is 369 g/mol. The molecule has 3 aromatic rings. The van der Waals surface area contributed by atoms with Gasteiger partial charge in [0.05, 0.1) is 25.0 Å². The molecule has 8 heteroatoms. The first-order valence-electron chi connectivity index (χ1n) is 7.83. The summed E-state index contributed by atoms with van der Waals surface area (Å²) in [5.41, 5.74) is 1.76. The van der Waals surface area contributed by atoms with E-state index in [1.165, 1.54) is 10.7 Å². The molecular weight excluding hydrogens is 354 g/mol. The van der Waals surface area contributed by atoms with Crippen LogP contribution < -0.4 is 5.56 Å². The van der Waals surface area contributed by atoms with Crippen molar-refractivity contribution in [2.45, 2.75) is 13.5 Å². The summed E-state index contributed by atoms with van der Waals surface area (Å²) >= 11 is 5.85. The van der Waals surface area contributed by atoms with Crippen molar-refractivity contribution in [1.82, 2.24) is 24.3 Å². The van der Waals surface area contributed by atoms with E-state index in [9.17, 15) is 4.79 Å². The summed E-state index contributed by atoms with van der Waals surface area (Å²) in [7, 11) is 1.58. The fraction of sp³-hybridized carbons (Fsp3) is 0.222. The number of hydrogen-bond donors (Lipinski definition) is 0. The maximum absolute atomic E-state index is 12.1. The van der Waals surface area contributed by atoms with Gasteiger partial charge in [-0.15, -0.1) is 0 Å². The third-order valence-corrected chi connectivity index (χ3v) is 3.79. The number of pyridine rings is 1. The molecule has 0 aromatic carbocycles. The van der Waals surface area contributed by atoms with Gasteiger partial charge in [-0.05, 0) is 25.0 Å². The van der Waals surface area contributed by atoms with Crippen LogP contribution in [0.15, 0.2) is 41.6 Å². The summed E-state index contributed by atoms with van der Waals surface area (Å²) in [5, 5.41) is 4.55. The summed E-state index contributed by atoms with van der Waals surface area (Å²) in [6.45, 7) is 2.67. The molecule has 0 atom stereocenters. The van der Waals surface area contributed by atoms with Crippen LogP contribution in [0.2, 0.25) is 5.15 Å². The first-order valence-corrected chi connectivity index (χ1v) is 8.20. The SMILES string of the molecule is COCCn1ncc(-n2cc(C#Cc3ccnc(Cl)c3)nc2C)cc1=O. The summed E-state index contributed by atoms with van der Waals surface area (Å²) in [6.07, 6.45) is 4.98. The zero-order valence-corrected chi connectivity index (χ0v) is 15.1. The van der Waals surface area contributed by atoms with Crippen LogP contribution in [-0.2, 0) is 11.3 Å². The van der Waals surface area contributed by atoms with Crippen LogP contribution in [0.5, 0.6) is 0 Å². The highest BCUT2D eigenvalue weighted by Gasteiger charge is 2.07. The molecular formula is C18H16ClN5O2. The second-order valence-electron chi connectivity index (χ2n) is 5.43. The van der Waals surface area contributed by atoms with E-state index in [0.29, 0.717) is 35.5 Å². The highest BCUT2D eigenvalue weighted by Crippen LogP contribution is 2.10. The Hall–Kier alpha value is -2.95. The maximum atomic E-state index is 12.1. The Labute approximate surface area is 155 Å². The van der Waals surface area contributed by atoms with Gasteiger partial charge in [0.15, 0.2) is 0 Å². The Bertz CT molecular complexity index is 1050. The van der Waals surface area contributed by atoms with E-state index in [1.807, 2.05) is 6.92 Å². The van der Waals surface area contributed by atoms with Crippen molar-refractivity contribution in [2.75, 3.05) is 13.7 Å². The van der Waals surface area contributed by atoms with Gasteiger partial charge in [0.25, 0.3) is 5.56 Å². The van der Waals surface area contributed by atoms with E-state index in [4.69, 9.17) is 16.3 Å². The third-order valence-electron chi connectivity index (χ3n) is 3.58. The molecule has 0 aliphatic heterocycles. The van der Waals surface area contributed by atoms with Crippen molar-refractivity contribution in [3.8, 4) is 17.5 Å². The van der Waals surface area contributed by atoms with Crippen LogP contribution >= 0.6 is 11.6 Å². The number of nitrogens with zero attached hydrogens (tertiary/aromatic N) is 5. The van der Waals surface area contributed by atoms with Crippen LogP contribution in [-0.4, -0.2) is 38.0 Å². The molecule has 3 aromatic heterocycles. The molecule has 0 spiro atoms. The van der Waals surface area contributed by atoms with Crippen LogP contribution in [0.3, 0.4) is 0 Å². The number of imidazole rings is 1. The van der Waals surface area contributed by atoms with E-state index in [2.05, 4.69) is 26.9 Å². The van der Waals surface area contributed by atoms with Crippen LogP contribution in [0, 0.1) is 18.8 Å². The average molecular weight is 370 g/mol. The van der Waals surface area contributed by atoms with Crippen LogP contribution in [0.4, 0.5) is 0 Å². The van der Waals surface area contributed by atoms with Crippen LogP contribution in [0.25, 0.3) is 5.69 Å². The number of halogens is 1. The van der Waals surface area contributed by atoms with E-state index in [-0.39, 0.29) is 5.56 Å². The average Bonchev–Trinajstić information content (AvgIpc) is 3.00. The minimum atomic E-state index is -0.202. The van der Waals surface area contributed by atoms with Crippen molar-refractivity contribution in [3.05, 3.63) is 69.4 Å². The first kappa shape index (κ1) is 17.9. The second-order valence-corrected chi connectivity index (χ2v) is 5.82. The van der Waals surface area contributed by atoms with Crippen molar-refractivity contribution in [1.29, 1.82) is 0 Å². The highest BCUT2D eigenvalue weighted by molar-refractivity contribution is 6.29. The molecule has 26 heavy (non-hydrogen) atoms. The third kappa shape index (κ3) is 4.17. The Morgan fingerprint density at radius 3 is 2.88 bits per heavy atom. The quantitative estimate of drug-likeness (QED) is 0.518. The van der Waals surface area contributed by atoms with Gasteiger partial charge in [0, 0.05) is 31.1 Å². The number of aromatic nitrogens is 5. The lowest BCUT2D eigenvalue weighted by atomic mass is 10.2. The van der Waals surface area contributed by atoms with Gasteiger partial charge in [0.2, 0.25) is 0 Å².